The number of amides is 1. The van der Waals surface area contributed by atoms with Gasteiger partial charge >= 0.3 is 0 Å². The van der Waals surface area contributed by atoms with Gasteiger partial charge < -0.3 is 15.5 Å². The molecule has 1 fully saturated rings. The summed E-state index contributed by atoms with van der Waals surface area (Å²) in [6.07, 6.45) is 1.30. The molecule has 1 aliphatic heterocycles. The number of benzene rings is 3. The molecular formula is C33H31Cl2N5O2. The molecule has 1 aliphatic rings. The van der Waals surface area contributed by atoms with E-state index in [9.17, 15) is 14.9 Å². The van der Waals surface area contributed by atoms with Crippen molar-refractivity contribution in [1.82, 2.24) is 9.47 Å². The van der Waals surface area contributed by atoms with E-state index in [1.165, 1.54) is 6.08 Å². The second-order valence-electron chi connectivity index (χ2n) is 10.8. The van der Waals surface area contributed by atoms with E-state index < -0.39 is 5.56 Å². The predicted molar refractivity (Wildman–Crippen MR) is 172 cm³/mol. The van der Waals surface area contributed by atoms with Gasteiger partial charge in [0.15, 0.2) is 0 Å². The van der Waals surface area contributed by atoms with Crippen molar-refractivity contribution in [2.45, 2.75) is 32.7 Å². The molecule has 0 aliphatic carbocycles. The Labute approximate surface area is 255 Å². The number of carbonyl (C=O) groups excluding carboxylic acids is 1. The van der Waals surface area contributed by atoms with E-state index in [0.717, 1.165) is 5.56 Å². The zero-order valence-corrected chi connectivity index (χ0v) is 25.2. The summed E-state index contributed by atoms with van der Waals surface area (Å²) in [5.74, 6) is -0.0430. The number of hydrogen-bond donors (Lipinski definition) is 1. The van der Waals surface area contributed by atoms with Crippen LogP contribution >= 0.6 is 23.2 Å². The summed E-state index contributed by atoms with van der Waals surface area (Å²) in [6, 6.07) is 18.5. The molecule has 2 N–H and O–H groups in total. The van der Waals surface area contributed by atoms with Crippen molar-refractivity contribution < 1.29 is 4.79 Å². The first-order valence-corrected chi connectivity index (χ1v) is 14.5. The molecule has 9 heteroatoms. The third kappa shape index (κ3) is 5.02. The second kappa shape index (κ2) is 11.6. The highest BCUT2D eigenvalue weighted by Gasteiger charge is 2.31. The first kappa shape index (κ1) is 29.2. The maximum absolute atomic E-state index is 14.4. The molecular weight excluding hydrogens is 569 g/mol. The van der Waals surface area contributed by atoms with Crippen molar-refractivity contribution in [3.05, 3.63) is 98.8 Å². The van der Waals surface area contributed by atoms with Gasteiger partial charge in [-0.3, -0.25) is 14.2 Å². The van der Waals surface area contributed by atoms with Gasteiger partial charge in [0.1, 0.15) is 11.6 Å². The Hall–Kier alpha value is -4.25. The van der Waals surface area contributed by atoms with Crippen LogP contribution in [0.4, 0.5) is 11.4 Å². The van der Waals surface area contributed by atoms with Gasteiger partial charge in [-0.25, -0.2) is 0 Å². The third-order valence-electron chi connectivity index (χ3n) is 7.85. The SMILES string of the molecule is C=CC(=O)N1CCN(c2c(C#N)c(=O)n(-c3ccccc3C(C)C)c3cc(-c4cc(Cl)ccc4N)c(Cl)cc23)[C@@H](C)C1. The van der Waals surface area contributed by atoms with Gasteiger partial charge in [-0.2, -0.15) is 5.26 Å². The molecule has 1 aromatic heterocycles. The molecule has 1 atom stereocenters. The number of rotatable bonds is 5. The van der Waals surface area contributed by atoms with E-state index >= 15 is 0 Å². The number of fused-ring (bicyclic) bond motifs is 1. The average molecular weight is 601 g/mol. The second-order valence-corrected chi connectivity index (χ2v) is 11.6. The lowest BCUT2D eigenvalue weighted by Gasteiger charge is -2.41. The summed E-state index contributed by atoms with van der Waals surface area (Å²) < 4.78 is 1.61. The number of para-hydroxylation sites is 1. The van der Waals surface area contributed by atoms with Crippen molar-refractivity contribution in [1.29, 1.82) is 5.26 Å². The standard InChI is InChI=1S/C33H31Cl2N5O2/c1-5-31(41)38-12-13-39(20(4)18-38)32-25-15-27(35)23(24-14-21(34)10-11-28(24)37)16-30(25)40(33(42)26(32)17-36)29-9-7-6-8-22(29)19(2)3/h5-11,14-16,19-20H,1,12-13,18,37H2,2-4H3/t20-/m0/s1. The minimum atomic E-state index is -0.433. The Morgan fingerprint density at radius 3 is 2.52 bits per heavy atom. The number of hydrogen-bond acceptors (Lipinski definition) is 5. The number of aromatic nitrogens is 1. The van der Waals surface area contributed by atoms with E-state index in [0.29, 0.717) is 68.8 Å². The normalized spacial score (nSPS) is 15.2. The summed E-state index contributed by atoms with van der Waals surface area (Å²) in [4.78, 5) is 30.5. The molecule has 0 spiro atoms. The smallest absolute Gasteiger partial charge is 0.275 e. The molecule has 0 bridgehead atoms. The molecule has 1 saturated heterocycles. The topological polar surface area (TPSA) is 95.4 Å². The number of nitrogens with two attached hydrogens (primary N) is 1. The number of nitrogen functional groups attached to an aromatic ring is 1. The lowest BCUT2D eigenvalue weighted by atomic mass is 9.97. The largest absolute Gasteiger partial charge is 0.398 e. The summed E-state index contributed by atoms with van der Waals surface area (Å²) in [5, 5.41) is 12.0. The summed E-state index contributed by atoms with van der Waals surface area (Å²) in [6.45, 7) is 11.0. The highest BCUT2D eigenvalue weighted by atomic mass is 35.5. The molecule has 3 aromatic carbocycles. The van der Waals surface area contributed by atoms with Gasteiger partial charge in [0, 0.05) is 57.9 Å². The summed E-state index contributed by atoms with van der Waals surface area (Å²) >= 11 is 13.3. The number of pyridine rings is 1. The van der Waals surface area contributed by atoms with Crippen LogP contribution in [-0.4, -0.2) is 41.1 Å². The Balaban J connectivity index is 1.88. The zero-order chi connectivity index (χ0) is 30.3. The minimum absolute atomic E-state index is 0.0162. The van der Waals surface area contributed by atoms with Crippen molar-refractivity contribution in [2.75, 3.05) is 30.3 Å². The number of anilines is 2. The van der Waals surface area contributed by atoms with Gasteiger partial charge in [-0.15, -0.1) is 0 Å². The van der Waals surface area contributed by atoms with E-state index in [1.807, 2.05) is 42.2 Å². The first-order valence-electron chi connectivity index (χ1n) is 13.7. The number of carbonyl (C=O) groups is 1. The van der Waals surface area contributed by atoms with Crippen molar-refractivity contribution in [3.63, 3.8) is 0 Å². The van der Waals surface area contributed by atoms with Crippen molar-refractivity contribution in [2.24, 2.45) is 0 Å². The highest BCUT2D eigenvalue weighted by molar-refractivity contribution is 6.35. The lowest BCUT2D eigenvalue weighted by molar-refractivity contribution is -0.126. The number of nitriles is 1. The molecule has 2 heterocycles. The number of nitrogens with zero attached hydrogens (tertiary/aromatic N) is 4. The van der Waals surface area contributed by atoms with Gasteiger partial charge in [-0.05, 0) is 60.9 Å². The van der Waals surface area contributed by atoms with Crippen LogP contribution < -0.4 is 16.2 Å². The Morgan fingerprint density at radius 2 is 1.86 bits per heavy atom. The Kier molecular flexibility index (Phi) is 8.05. The van der Waals surface area contributed by atoms with Crippen LogP contribution in [0.5, 0.6) is 0 Å². The molecule has 0 unspecified atom stereocenters. The fourth-order valence-corrected chi connectivity index (χ4v) is 6.24. The average Bonchev–Trinajstić information content (AvgIpc) is 2.97. The molecule has 214 valence electrons. The Bertz CT molecular complexity index is 1840. The molecule has 5 rings (SSSR count). The zero-order valence-electron chi connectivity index (χ0n) is 23.7. The summed E-state index contributed by atoms with van der Waals surface area (Å²) in [7, 11) is 0. The molecule has 1 amide bonds. The van der Waals surface area contributed by atoms with Gasteiger partial charge in [-0.1, -0.05) is 61.8 Å². The molecule has 42 heavy (non-hydrogen) atoms. The van der Waals surface area contributed by atoms with Gasteiger partial charge in [0.05, 0.1) is 16.9 Å². The maximum Gasteiger partial charge on any atom is 0.275 e. The Morgan fingerprint density at radius 1 is 1.12 bits per heavy atom. The molecule has 0 saturated carbocycles. The first-order chi connectivity index (χ1) is 20.1. The van der Waals surface area contributed by atoms with E-state index in [1.54, 1.807) is 33.7 Å². The van der Waals surface area contributed by atoms with Crippen molar-refractivity contribution >= 4 is 51.4 Å². The van der Waals surface area contributed by atoms with Crippen LogP contribution in [0.1, 0.15) is 37.8 Å². The highest BCUT2D eigenvalue weighted by Crippen LogP contribution is 2.41. The quantitative estimate of drug-likeness (QED) is 0.202. The van der Waals surface area contributed by atoms with Crippen LogP contribution in [0.2, 0.25) is 10.0 Å². The van der Waals surface area contributed by atoms with E-state index in [2.05, 4.69) is 26.5 Å². The third-order valence-corrected chi connectivity index (χ3v) is 8.40. The fraction of sp³-hybridized carbons (Fsp3) is 0.242. The van der Waals surface area contributed by atoms with Gasteiger partial charge in [0.2, 0.25) is 5.91 Å². The van der Waals surface area contributed by atoms with Crippen LogP contribution in [0.3, 0.4) is 0 Å². The number of piperazine rings is 1. The number of halogens is 2. The minimum Gasteiger partial charge on any atom is -0.398 e. The molecule has 0 radical (unpaired) electrons. The van der Waals surface area contributed by atoms with E-state index in [-0.39, 0.29) is 23.4 Å². The van der Waals surface area contributed by atoms with Gasteiger partial charge in [0.25, 0.3) is 5.56 Å². The van der Waals surface area contributed by atoms with Crippen LogP contribution in [-0.2, 0) is 4.79 Å². The fourth-order valence-electron chi connectivity index (χ4n) is 5.80. The van der Waals surface area contributed by atoms with Crippen LogP contribution in [0.25, 0.3) is 27.7 Å². The lowest BCUT2D eigenvalue weighted by Crippen LogP contribution is -2.54. The van der Waals surface area contributed by atoms with Crippen LogP contribution in [0.15, 0.2) is 72.0 Å². The molecule has 4 aromatic rings. The predicted octanol–water partition coefficient (Wildman–Crippen LogP) is 6.76. The summed E-state index contributed by atoms with van der Waals surface area (Å²) in [5.41, 5.74) is 10.4. The van der Waals surface area contributed by atoms with Crippen molar-refractivity contribution in [3.8, 4) is 22.9 Å². The maximum atomic E-state index is 14.4. The van der Waals surface area contributed by atoms with E-state index in [4.69, 9.17) is 28.9 Å². The molecule has 7 nitrogen and oxygen atoms in total. The monoisotopic (exact) mass is 599 g/mol. The van der Waals surface area contributed by atoms with Crippen LogP contribution in [0, 0.1) is 11.3 Å².